The van der Waals surface area contributed by atoms with Gasteiger partial charge in [-0.3, -0.25) is 14.4 Å². The Hall–Kier alpha value is -8.66. The van der Waals surface area contributed by atoms with Gasteiger partial charge in [0.05, 0.1) is 49.3 Å². The molecule has 2 aliphatic rings. The molecule has 0 bridgehead atoms. The molecule has 4 aromatic heterocycles. The number of hydrogen-bond donors (Lipinski definition) is 5. The van der Waals surface area contributed by atoms with Crippen molar-refractivity contribution in [2.75, 3.05) is 37.6 Å². The van der Waals surface area contributed by atoms with Crippen LogP contribution in [-0.2, 0) is 22.7 Å². The number of carbonyl (C=O) groups excluding carboxylic acids is 3. The number of alkyl halides is 4. The number of rotatable bonds is 11. The zero-order valence-electron chi connectivity index (χ0n) is 39.0. The molecule has 4 aromatic carbocycles. The Morgan fingerprint density at radius 3 is 1.45 bits per heavy atom. The van der Waals surface area contributed by atoms with Crippen molar-refractivity contribution in [1.29, 1.82) is 0 Å². The van der Waals surface area contributed by atoms with Crippen LogP contribution in [0.2, 0.25) is 10.0 Å². The maximum absolute atomic E-state index is 13.1. The molecular formula is C52H42Cl2F4N10O7. The average Bonchev–Trinajstić information content (AvgIpc) is 4.02. The van der Waals surface area contributed by atoms with E-state index in [0.717, 1.165) is 43.7 Å². The van der Waals surface area contributed by atoms with Crippen LogP contribution in [0.3, 0.4) is 0 Å². The predicted octanol–water partition coefficient (Wildman–Crippen LogP) is 9.01. The Morgan fingerprint density at radius 1 is 0.627 bits per heavy atom. The predicted molar refractivity (Wildman–Crippen MR) is 273 cm³/mol. The second-order valence-corrected chi connectivity index (χ2v) is 17.8. The lowest BCUT2D eigenvalue weighted by molar-refractivity contribution is -0.131. The molecule has 3 amide bonds. The molecule has 75 heavy (non-hydrogen) atoms. The number of carboxylic acid groups (broad SMARTS) is 1. The van der Waals surface area contributed by atoms with Gasteiger partial charge >= 0.3 is 5.97 Å². The third kappa shape index (κ3) is 13.3. The van der Waals surface area contributed by atoms with Crippen molar-refractivity contribution in [1.82, 2.24) is 35.1 Å². The molecule has 0 saturated carbocycles. The van der Waals surface area contributed by atoms with E-state index in [0.29, 0.717) is 66.5 Å². The molecule has 0 radical (unpaired) electrons. The van der Waals surface area contributed by atoms with Crippen LogP contribution >= 0.6 is 23.2 Å². The molecule has 23 heteroatoms. The van der Waals surface area contributed by atoms with Gasteiger partial charge in [-0.25, -0.2) is 42.3 Å². The van der Waals surface area contributed by atoms with Crippen LogP contribution in [0.5, 0.6) is 0 Å². The number of nitrogens with one attached hydrogen (secondary N) is 1. The van der Waals surface area contributed by atoms with Crippen molar-refractivity contribution in [2.45, 2.75) is 24.9 Å². The second-order valence-electron chi connectivity index (χ2n) is 17.0. The van der Waals surface area contributed by atoms with E-state index >= 15 is 0 Å². The average molecular weight is 1070 g/mol. The fourth-order valence-corrected chi connectivity index (χ4v) is 7.96. The monoisotopic (exact) mass is 1060 g/mol. The fourth-order valence-electron chi connectivity index (χ4n) is 7.45. The molecule has 8 aromatic rings. The Bertz CT molecular complexity index is 3470. The molecule has 0 atom stereocenters. The van der Waals surface area contributed by atoms with Gasteiger partial charge in [-0.1, -0.05) is 47.5 Å². The Morgan fingerprint density at radius 2 is 1.05 bits per heavy atom. The number of nitrogens with zero attached hydrogens (tertiary/aromatic N) is 6. The highest BCUT2D eigenvalue weighted by atomic mass is 35.5. The van der Waals surface area contributed by atoms with Crippen molar-refractivity contribution < 1.29 is 50.7 Å². The van der Waals surface area contributed by atoms with E-state index in [1.54, 1.807) is 103 Å². The van der Waals surface area contributed by atoms with E-state index in [2.05, 4.69) is 25.3 Å². The summed E-state index contributed by atoms with van der Waals surface area (Å²) in [5, 5.41) is 11.7. The molecule has 2 saturated heterocycles. The normalized spacial score (nSPS) is 14.4. The minimum atomic E-state index is -2.81. The first-order chi connectivity index (χ1) is 35.7. The SMILES string of the molecule is NCc1nc2cc(-c3ccc(C(=O)N4CC(F)(F)C4)cc3)cc(Cl)c2o1.Nc1ccc(/C=C/C(=O)NCc2nc3cc(-c4ccc(C(=O)N5CC(F)(F)C5)cc4)cc(Cl)c3o2)cn1.Nc1ccc(/C=C/C(=O)O)cn1. The van der Waals surface area contributed by atoms with Gasteiger partial charge in [0, 0.05) is 35.7 Å². The first-order valence-electron chi connectivity index (χ1n) is 22.4. The third-order valence-corrected chi connectivity index (χ3v) is 11.8. The van der Waals surface area contributed by atoms with Gasteiger partial charge in [0.1, 0.15) is 22.7 Å². The number of nitrogen functional groups attached to an aromatic ring is 2. The summed E-state index contributed by atoms with van der Waals surface area (Å²) in [7, 11) is 0. The maximum atomic E-state index is 13.1. The summed E-state index contributed by atoms with van der Waals surface area (Å²) < 4.78 is 63.1. The molecule has 0 unspecified atom stereocenters. The van der Waals surface area contributed by atoms with E-state index in [4.69, 9.17) is 54.3 Å². The number of carbonyl (C=O) groups is 4. The zero-order valence-corrected chi connectivity index (χ0v) is 40.5. The summed E-state index contributed by atoms with van der Waals surface area (Å²) in [6.07, 6.45) is 8.53. The number of anilines is 2. The standard InChI is InChI=1S/C26H20ClF2N5O3.C18H14ClF2N3O2.C8H8N2O2/c27-19-9-18(16-3-5-17(6-4-16)25(36)34-13-26(28,29)14-34)10-20-24(19)37-23(33-20)12-32-22(35)8-2-15-1-7-21(30)31-11-15;19-13-5-12(6-14-16(13)26-15(7-22)23-14)10-1-3-11(4-2-10)17(25)24-8-18(20,21)9-24;9-7-3-1-6(5-10-7)2-4-8(11)12/h1-11H,12-14H2,(H2,30,31)(H,32,35);1-6H,7-9,22H2;1-5H,(H2,9,10)(H,11,12)/b8-2+;;4-2+. The van der Waals surface area contributed by atoms with Crippen LogP contribution in [0.25, 0.3) is 56.6 Å². The molecule has 2 aliphatic heterocycles. The van der Waals surface area contributed by atoms with Gasteiger partial charge in [0.2, 0.25) is 17.7 Å². The molecule has 10 rings (SSSR count). The number of aromatic nitrogens is 4. The van der Waals surface area contributed by atoms with Crippen molar-refractivity contribution >= 4 is 92.9 Å². The van der Waals surface area contributed by atoms with Gasteiger partial charge in [-0.05, 0) is 118 Å². The van der Waals surface area contributed by atoms with Gasteiger partial charge < -0.3 is 46.3 Å². The van der Waals surface area contributed by atoms with Crippen LogP contribution in [-0.4, -0.2) is 96.6 Å². The number of benzene rings is 4. The van der Waals surface area contributed by atoms with Crippen LogP contribution in [0.1, 0.15) is 43.6 Å². The molecule has 17 nitrogen and oxygen atoms in total. The first kappa shape index (κ1) is 52.7. The lowest BCUT2D eigenvalue weighted by Gasteiger charge is -2.38. The summed E-state index contributed by atoms with van der Waals surface area (Å²) in [5.41, 5.74) is 23.6. The number of pyridine rings is 2. The van der Waals surface area contributed by atoms with E-state index in [1.807, 2.05) is 6.07 Å². The van der Waals surface area contributed by atoms with E-state index in [1.165, 1.54) is 18.3 Å². The van der Waals surface area contributed by atoms with E-state index in [9.17, 15) is 36.7 Å². The number of oxazole rings is 2. The second kappa shape index (κ2) is 22.2. The van der Waals surface area contributed by atoms with Gasteiger partial charge in [-0.2, -0.15) is 0 Å². The number of carboxylic acids is 1. The van der Waals surface area contributed by atoms with Gasteiger partial charge in [0.15, 0.2) is 11.2 Å². The highest BCUT2D eigenvalue weighted by molar-refractivity contribution is 6.35. The van der Waals surface area contributed by atoms with Crippen molar-refractivity contribution in [3.63, 3.8) is 0 Å². The van der Waals surface area contributed by atoms with Crippen LogP contribution < -0.4 is 22.5 Å². The van der Waals surface area contributed by atoms with Crippen molar-refractivity contribution in [2.24, 2.45) is 5.73 Å². The smallest absolute Gasteiger partial charge is 0.328 e. The molecule has 2 fully saturated rings. The number of likely N-dealkylation sites (tertiary alicyclic amines) is 2. The van der Waals surface area contributed by atoms with E-state index < -0.39 is 55.8 Å². The fraction of sp³-hybridized carbons (Fsp3) is 0.154. The minimum absolute atomic E-state index is 0.0514. The van der Waals surface area contributed by atoms with Gasteiger partial charge in [0.25, 0.3) is 23.7 Å². The first-order valence-corrected chi connectivity index (χ1v) is 23.2. The Balaban J connectivity index is 0.000000170. The summed E-state index contributed by atoms with van der Waals surface area (Å²) in [4.78, 5) is 65.4. The molecular weight excluding hydrogens is 1020 g/mol. The number of aliphatic carboxylic acids is 1. The zero-order chi connectivity index (χ0) is 53.6. The largest absolute Gasteiger partial charge is 0.478 e. The van der Waals surface area contributed by atoms with Crippen molar-refractivity contribution in [3.8, 4) is 22.3 Å². The quantitative estimate of drug-likeness (QED) is 0.0598. The number of halogens is 6. The lowest BCUT2D eigenvalue weighted by atomic mass is 10.0. The molecule has 8 N–H and O–H groups in total. The van der Waals surface area contributed by atoms with E-state index in [-0.39, 0.29) is 24.9 Å². The number of amides is 3. The number of hydrogen-bond acceptors (Lipinski definition) is 13. The molecule has 384 valence electrons. The Labute approximate surface area is 433 Å². The van der Waals surface area contributed by atoms with Gasteiger partial charge in [-0.15, -0.1) is 0 Å². The highest BCUT2D eigenvalue weighted by Gasteiger charge is 2.47. The summed E-state index contributed by atoms with van der Waals surface area (Å²) in [6.45, 7) is -1.97. The van der Waals surface area contributed by atoms with Crippen LogP contribution in [0.4, 0.5) is 29.2 Å². The number of nitrogens with two attached hydrogens (primary N) is 3. The highest BCUT2D eigenvalue weighted by Crippen LogP contribution is 2.35. The summed E-state index contributed by atoms with van der Waals surface area (Å²) >= 11 is 12.7. The lowest BCUT2D eigenvalue weighted by Crippen LogP contribution is -2.58. The Kier molecular flexibility index (Phi) is 15.6. The molecule has 6 heterocycles. The number of fused-ring (bicyclic) bond motifs is 2. The topological polar surface area (TPSA) is 263 Å². The summed E-state index contributed by atoms with van der Waals surface area (Å²) in [5.74, 6) is -6.27. The third-order valence-electron chi connectivity index (χ3n) is 11.2. The minimum Gasteiger partial charge on any atom is -0.478 e. The molecule has 0 spiro atoms. The van der Waals surface area contributed by atoms with Crippen molar-refractivity contribution in [3.05, 3.63) is 166 Å². The van der Waals surface area contributed by atoms with Crippen LogP contribution in [0.15, 0.2) is 130 Å². The molecule has 0 aliphatic carbocycles. The summed E-state index contributed by atoms with van der Waals surface area (Å²) in [6, 6.07) is 27.0. The maximum Gasteiger partial charge on any atom is 0.328 e. The van der Waals surface area contributed by atoms with Crippen LogP contribution in [0, 0.1) is 0 Å².